The molecule has 136 valence electrons. The van der Waals surface area contributed by atoms with Crippen LogP contribution < -0.4 is 0 Å². The summed E-state index contributed by atoms with van der Waals surface area (Å²) in [5, 5.41) is 0. The third-order valence-corrected chi connectivity index (χ3v) is 5.96. The minimum absolute atomic E-state index is 0.167. The van der Waals surface area contributed by atoms with Crippen molar-refractivity contribution in [3.63, 3.8) is 0 Å². The molecule has 2 aliphatic carbocycles. The summed E-state index contributed by atoms with van der Waals surface area (Å²) < 4.78 is 0.167. The zero-order valence-electron chi connectivity index (χ0n) is 16.6. The van der Waals surface area contributed by atoms with Crippen molar-refractivity contribution in [1.82, 2.24) is 0 Å². The van der Waals surface area contributed by atoms with Crippen LogP contribution in [0.2, 0.25) is 0 Å². The Labute approximate surface area is 160 Å². The summed E-state index contributed by atoms with van der Waals surface area (Å²) in [6.45, 7) is 15.0. The molecule has 0 atom stereocenters. The zero-order chi connectivity index (χ0) is 18.6. The van der Waals surface area contributed by atoms with Gasteiger partial charge in [0.1, 0.15) is 0 Å². The van der Waals surface area contributed by atoms with Gasteiger partial charge >= 0.3 is 0 Å². The molecule has 0 saturated carbocycles. The van der Waals surface area contributed by atoms with Crippen LogP contribution in [0.1, 0.15) is 67.7 Å². The Bertz CT molecular complexity index is 500. The summed E-state index contributed by atoms with van der Waals surface area (Å²) in [4.78, 5) is 0. The van der Waals surface area contributed by atoms with Crippen molar-refractivity contribution in [2.45, 2.75) is 72.5 Å². The summed E-state index contributed by atoms with van der Waals surface area (Å²) in [6.07, 6.45) is 19.2. The van der Waals surface area contributed by atoms with E-state index in [0.717, 1.165) is 6.42 Å². The summed E-state index contributed by atoms with van der Waals surface area (Å²) >= 11 is 4.25. The molecule has 0 aromatic carbocycles. The van der Waals surface area contributed by atoms with Crippen LogP contribution in [0.25, 0.3) is 0 Å². The minimum Gasteiger partial charge on any atom is -0.110 e. The van der Waals surface area contributed by atoms with E-state index >= 15 is 0 Å². The molecule has 0 aliphatic heterocycles. The van der Waals surface area contributed by atoms with Gasteiger partial charge in [-0.15, -0.1) is 11.7 Å². The van der Waals surface area contributed by atoms with Gasteiger partial charge in [0.25, 0.3) is 0 Å². The van der Waals surface area contributed by atoms with Gasteiger partial charge in [-0.2, -0.15) is 0 Å². The van der Waals surface area contributed by atoms with Crippen molar-refractivity contribution in [3.8, 4) is 0 Å². The first kappa shape index (κ1) is 23.4. The Kier molecular flexibility index (Phi) is 12.4. The molecule has 24 heavy (non-hydrogen) atoms. The lowest BCUT2D eigenvalue weighted by atomic mass is 9.96. The molecule has 0 spiro atoms. The van der Waals surface area contributed by atoms with Crippen LogP contribution in [0.15, 0.2) is 59.3 Å². The van der Waals surface area contributed by atoms with Gasteiger partial charge in [-0.1, -0.05) is 86.6 Å². The molecule has 2 aliphatic rings. The quantitative estimate of drug-likeness (QED) is 0.389. The predicted molar refractivity (Wildman–Crippen MR) is 119 cm³/mol. The van der Waals surface area contributed by atoms with Gasteiger partial charge in [0, 0.05) is 4.75 Å². The minimum atomic E-state index is 0.167. The highest BCUT2D eigenvalue weighted by atomic mass is 33.1. The summed E-state index contributed by atoms with van der Waals surface area (Å²) in [7, 11) is 1.61. The van der Waals surface area contributed by atoms with Crippen molar-refractivity contribution >= 4 is 22.5 Å². The summed E-state index contributed by atoms with van der Waals surface area (Å²) in [5.41, 5.74) is 4.28. The van der Waals surface area contributed by atoms with Crippen LogP contribution in [-0.4, -0.2) is 4.75 Å². The largest absolute Gasteiger partial charge is 0.110 e. The van der Waals surface area contributed by atoms with Gasteiger partial charge < -0.3 is 0 Å². The molecule has 0 saturated heterocycles. The highest BCUT2D eigenvalue weighted by Gasteiger charge is 2.20. The molecule has 0 nitrogen and oxygen atoms in total. The normalized spacial score (nSPS) is 16.8. The molecule has 2 heteroatoms. The lowest BCUT2D eigenvalue weighted by Crippen LogP contribution is -2.15. The van der Waals surface area contributed by atoms with E-state index < -0.39 is 0 Å². The highest BCUT2D eigenvalue weighted by Crippen LogP contribution is 2.36. The summed E-state index contributed by atoms with van der Waals surface area (Å²) in [5.74, 6) is 0.647. The van der Waals surface area contributed by atoms with E-state index in [1.165, 1.54) is 29.6 Å². The third kappa shape index (κ3) is 9.03. The third-order valence-electron chi connectivity index (χ3n) is 3.90. The first-order valence-corrected chi connectivity index (χ1v) is 11.0. The van der Waals surface area contributed by atoms with Crippen LogP contribution in [0.4, 0.5) is 0 Å². The Morgan fingerprint density at radius 2 is 1.71 bits per heavy atom. The molecular formula is C22H36S2. The molecule has 0 amide bonds. The molecular weight excluding hydrogens is 328 g/mol. The molecule has 0 bridgehead atoms. The Hall–Kier alpha value is -0.600. The summed E-state index contributed by atoms with van der Waals surface area (Å²) in [6, 6.07) is 0. The lowest BCUT2D eigenvalue weighted by molar-refractivity contribution is 0.792. The fourth-order valence-corrected chi connectivity index (χ4v) is 2.81. The van der Waals surface area contributed by atoms with E-state index in [-0.39, 0.29) is 4.75 Å². The van der Waals surface area contributed by atoms with Gasteiger partial charge in [-0.05, 0) is 57.1 Å². The van der Waals surface area contributed by atoms with Gasteiger partial charge in [0.2, 0.25) is 0 Å². The van der Waals surface area contributed by atoms with E-state index in [1.807, 2.05) is 13.8 Å². The second-order valence-electron chi connectivity index (χ2n) is 6.68. The van der Waals surface area contributed by atoms with Crippen LogP contribution in [-0.2, 0) is 0 Å². The van der Waals surface area contributed by atoms with Crippen molar-refractivity contribution in [2.75, 3.05) is 0 Å². The van der Waals surface area contributed by atoms with Crippen LogP contribution >= 0.6 is 22.5 Å². The van der Waals surface area contributed by atoms with Crippen molar-refractivity contribution in [1.29, 1.82) is 0 Å². The Morgan fingerprint density at radius 3 is 2.21 bits per heavy atom. The maximum absolute atomic E-state index is 4.25. The van der Waals surface area contributed by atoms with Crippen molar-refractivity contribution in [3.05, 3.63) is 59.3 Å². The average molecular weight is 365 g/mol. The van der Waals surface area contributed by atoms with E-state index in [4.69, 9.17) is 0 Å². The van der Waals surface area contributed by atoms with Gasteiger partial charge in [-0.3, -0.25) is 0 Å². The van der Waals surface area contributed by atoms with Crippen molar-refractivity contribution in [2.24, 2.45) is 5.92 Å². The Morgan fingerprint density at radius 1 is 1.04 bits per heavy atom. The average Bonchev–Trinajstić information content (AvgIpc) is 2.83. The standard InChI is InChI=1S/C11H16.C9H14S2.C2H6/c1-9(2)11-6-4-5-10(3)7-8-11;1-9(2,11-10)8-6-4-3-5-7-8;1-2/h4,6-9H,5H2,1-3H3;4,6-7,10H,3,5H2,1-2H3;1-2H3. The molecule has 2 rings (SSSR count). The molecule has 0 aromatic rings. The fraction of sp³-hybridized carbons (Fsp3) is 0.545. The maximum atomic E-state index is 4.25. The van der Waals surface area contributed by atoms with Gasteiger partial charge in [0.15, 0.2) is 0 Å². The number of hydrogen-bond acceptors (Lipinski definition) is 2. The molecule has 0 heterocycles. The molecule has 0 aromatic heterocycles. The first-order chi connectivity index (χ1) is 11.4. The number of rotatable bonds is 3. The molecule has 0 N–H and O–H groups in total. The zero-order valence-corrected chi connectivity index (χ0v) is 18.3. The maximum Gasteiger partial charge on any atom is 0.0449 e. The Balaban J connectivity index is 0.000000400. The van der Waals surface area contributed by atoms with Crippen molar-refractivity contribution < 1.29 is 0 Å². The lowest BCUT2D eigenvalue weighted by Gasteiger charge is -2.24. The molecule has 0 unspecified atom stereocenters. The second-order valence-corrected chi connectivity index (χ2v) is 8.43. The monoisotopic (exact) mass is 364 g/mol. The number of thiol groups is 1. The smallest absolute Gasteiger partial charge is 0.0449 e. The molecule has 0 fully saturated rings. The highest BCUT2D eigenvalue weighted by molar-refractivity contribution is 8.69. The van der Waals surface area contributed by atoms with E-state index in [9.17, 15) is 0 Å². The molecule has 0 radical (unpaired) electrons. The second kappa shape index (κ2) is 12.7. The fourth-order valence-electron chi connectivity index (χ4n) is 2.24. The number of allylic oxidation sites excluding steroid dienone is 9. The first-order valence-electron chi connectivity index (χ1n) is 9.10. The van der Waals surface area contributed by atoms with Crippen LogP contribution in [0.5, 0.6) is 0 Å². The van der Waals surface area contributed by atoms with Crippen LogP contribution in [0.3, 0.4) is 0 Å². The SMILES string of the molecule is CC.CC(C)(SS)C1=CCCC=C1.CC1=CC=C(C(C)C)C=CC1. The van der Waals surface area contributed by atoms with E-state index in [0.29, 0.717) is 5.92 Å². The topological polar surface area (TPSA) is 0 Å². The number of hydrogen-bond donors (Lipinski definition) is 1. The van der Waals surface area contributed by atoms with E-state index in [2.05, 4.69) is 88.8 Å². The predicted octanol–water partition coefficient (Wildman–Crippen LogP) is 8.12. The van der Waals surface area contributed by atoms with Gasteiger partial charge in [-0.25, -0.2) is 0 Å². The van der Waals surface area contributed by atoms with E-state index in [1.54, 1.807) is 10.8 Å². The van der Waals surface area contributed by atoms with Crippen LogP contribution in [0, 0.1) is 5.92 Å². The van der Waals surface area contributed by atoms with Gasteiger partial charge in [0.05, 0.1) is 0 Å².